The molecule has 0 aliphatic heterocycles. The van der Waals surface area contributed by atoms with Crippen molar-refractivity contribution in [1.82, 2.24) is 4.98 Å². The molecule has 0 radical (unpaired) electrons. The molecular weight excluding hydrogens is 274 g/mol. The fraction of sp³-hybridized carbons (Fsp3) is 0.214. The zero-order chi connectivity index (χ0) is 15.2. The van der Waals surface area contributed by atoms with Gasteiger partial charge in [0, 0.05) is 11.9 Å². The van der Waals surface area contributed by atoms with Crippen LogP contribution in [0.5, 0.6) is 0 Å². The molecule has 4 N–H and O–H groups in total. The Morgan fingerprint density at radius 2 is 2.10 bits per heavy atom. The van der Waals surface area contributed by atoms with Crippen LogP contribution in [0.3, 0.4) is 0 Å². The van der Waals surface area contributed by atoms with Crippen molar-refractivity contribution in [2.45, 2.75) is 0 Å². The number of para-hydroxylation sites is 1. The van der Waals surface area contributed by atoms with Crippen LogP contribution in [0.15, 0.2) is 30.3 Å². The summed E-state index contributed by atoms with van der Waals surface area (Å²) in [6.07, 6.45) is 0. The first-order chi connectivity index (χ1) is 10.1. The van der Waals surface area contributed by atoms with Gasteiger partial charge in [-0.3, -0.25) is 4.79 Å². The summed E-state index contributed by atoms with van der Waals surface area (Å²) in [6, 6.07) is 9.03. The van der Waals surface area contributed by atoms with E-state index in [0.29, 0.717) is 12.4 Å². The molecular formula is C14H15N3O4. The molecule has 0 saturated heterocycles. The average Bonchev–Trinajstić information content (AvgIpc) is 2.45. The number of pyridine rings is 1. The van der Waals surface area contributed by atoms with E-state index in [-0.39, 0.29) is 18.8 Å². The van der Waals surface area contributed by atoms with Crippen molar-refractivity contribution in [3.05, 3.63) is 35.9 Å². The van der Waals surface area contributed by atoms with Crippen LogP contribution in [0, 0.1) is 0 Å². The number of carbonyl (C=O) groups is 2. The molecule has 2 rings (SSSR count). The number of aromatic nitrogens is 1. The summed E-state index contributed by atoms with van der Waals surface area (Å²) < 4.78 is 4.90. The molecule has 0 spiro atoms. The van der Waals surface area contributed by atoms with Gasteiger partial charge in [0.05, 0.1) is 17.7 Å². The number of carboxylic acid groups (broad SMARTS) is 1. The first-order valence-electron chi connectivity index (χ1n) is 6.31. The minimum Gasteiger partial charge on any atom is -0.480 e. The molecule has 0 atom stereocenters. The van der Waals surface area contributed by atoms with E-state index in [0.717, 1.165) is 10.9 Å². The van der Waals surface area contributed by atoms with Gasteiger partial charge in [-0.2, -0.15) is 0 Å². The van der Waals surface area contributed by atoms with Crippen molar-refractivity contribution in [1.29, 1.82) is 0 Å². The number of carboxylic acids is 1. The second-order valence-corrected chi connectivity index (χ2v) is 4.31. The van der Waals surface area contributed by atoms with E-state index >= 15 is 0 Å². The molecule has 0 fully saturated rings. The van der Waals surface area contributed by atoms with Crippen molar-refractivity contribution in [2.24, 2.45) is 5.73 Å². The number of aliphatic carboxylic acids is 1. The van der Waals surface area contributed by atoms with Crippen LogP contribution in [-0.2, 0) is 9.53 Å². The number of ether oxygens (including phenoxy) is 1. The lowest BCUT2D eigenvalue weighted by molar-refractivity contribution is -0.142. The van der Waals surface area contributed by atoms with E-state index in [2.05, 4.69) is 10.3 Å². The lowest BCUT2D eigenvalue weighted by atomic mass is 10.1. The van der Waals surface area contributed by atoms with Crippen LogP contribution in [0.25, 0.3) is 10.9 Å². The fourth-order valence-corrected chi connectivity index (χ4v) is 1.84. The third-order valence-corrected chi connectivity index (χ3v) is 2.75. The lowest BCUT2D eigenvalue weighted by Gasteiger charge is -2.10. The Morgan fingerprint density at radius 3 is 2.81 bits per heavy atom. The maximum absolute atomic E-state index is 11.5. The highest BCUT2D eigenvalue weighted by atomic mass is 16.5. The van der Waals surface area contributed by atoms with Gasteiger partial charge in [-0.25, -0.2) is 9.78 Å². The topological polar surface area (TPSA) is 115 Å². The fourth-order valence-electron chi connectivity index (χ4n) is 1.84. The number of carbonyl (C=O) groups excluding carboxylic acids is 1. The molecule has 2 aromatic rings. The number of benzene rings is 1. The van der Waals surface area contributed by atoms with Gasteiger partial charge in [-0.1, -0.05) is 18.2 Å². The highest BCUT2D eigenvalue weighted by Crippen LogP contribution is 2.19. The van der Waals surface area contributed by atoms with Gasteiger partial charge < -0.3 is 20.9 Å². The number of anilines is 1. The van der Waals surface area contributed by atoms with Gasteiger partial charge in [0.1, 0.15) is 12.4 Å². The number of rotatable bonds is 7. The summed E-state index contributed by atoms with van der Waals surface area (Å²) >= 11 is 0. The summed E-state index contributed by atoms with van der Waals surface area (Å²) in [6.45, 7) is 0.132. The van der Waals surface area contributed by atoms with Gasteiger partial charge >= 0.3 is 5.97 Å². The molecule has 7 heteroatoms. The van der Waals surface area contributed by atoms with Crippen LogP contribution in [-0.4, -0.2) is 41.7 Å². The summed E-state index contributed by atoms with van der Waals surface area (Å²) in [5.74, 6) is -1.25. The highest BCUT2D eigenvalue weighted by molar-refractivity contribution is 6.01. The second kappa shape index (κ2) is 6.67. The smallest absolute Gasteiger partial charge is 0.329 e. The van der Waals surface area contributed by atoms with Crippen LogP contribution in [0.2, 0.25) is 0 Å². The Morgan fingerprint density at radius 1 is 1.33 bits per heavy atom. The Kier molecular flexibility index (Phi) is 4.68. The number of fused-ring (bicyclic) bond motifs is 1. The molecule has 0 saturated carbocycles. The molecule has 7 nitrogen and oxygen atoms in total. The van der Waals surface area contributed by atoms with Crippen LogP contribution < -0.4 is 11.1 Å². The molecule has 0 bridgehead atoms. The van der Waals surface area contributed by atoms with E-state index in [1.165, 1.54) is 0 Å². The minimum atomic E-state index is -1.03. The van der Waals surface area contributed by atoms with Crippen molar-refractivity contribution in [3.8, 4) is 0 Å². The first kappa shape index (κ1) is 14.7. The number of amides is 1. The zero-order valence-electron chi connectivity index (χ0n) is 11.2. The van der Waals surface area contributed by atoms with E-state index in [1.54, 1.807) is 6.07 Å². The third kappa shape index (κ3) is 3.90. The summed E-state index contributed by atoms with van der Waals surface area (Å²) in [4.78, 5) is 26.1. The number of nitrogens with two attached hydrogens (primary N) is 1. The van der Waals surface area contributed by atoms with Crippen molar-refractivity contribution in [3.63, 3.8) is 0 Å². The van der Waals surface area contributed by atoms with E-state index in [9.17, 15) is 9.59 Å². The molecule has 1 amide bonds. The van der Waals surface area contributed by atoms with Gasteiger partial charge in [0.2, 0.25) is 0 Å². The van der Waals surface area contributed by atoms with Gasteiger partial charge in [-0.05, 0) is 12.1 Å². The lowest BCUT2D eigenvalue weighted by Crippen LogP contribution is -2.19. The van der Waals surface area contributed by atoms with E-state index < -0.39 is 11.9 Å². The number of primary amides is 1. The molecule has 1 aromatic carbocycles. The zero-order valence-corrected chi connectivity index (χ0v) is 11.2. The molecule has 110 valence electrons. The molecule has 1 aromatic heterocycles. The molecule has 0 unspecified atom stereocenters. The third-order valence-electron chi connectivity index (χ3n) is 2.75. The van der Waals surface area contributed by atoms with E-state index in [1.807, 2.05) is 24.3 Å². The normalized spacial score (nSPS) is 10.5. The van der Waals surface area contributed by atoms with Crippen molar-refractivity contribution >= 4 is 28.6 Å². The highest BCUT2D eigenvalue weighted by Gasteiger charge is 2.11. The van der Waals surface area contributed by atoms with Gasteiger partial charge in [0.15, 0.2) is 0 Å². The summed E-state index contributed by atoms with van der Waals surface area (Å²) in [5.41, 5.74) is 6.36. The van der Waals surface area contributed by atoms with Crippen molar-refractivity contribution in [2.75, 3.05) is 25.1 Å². The summed E-state index contributed by atoms with van der Waals surface area (Å²) in [7, 11) is 0. The van der Waals surface area contributed by atoms with Crippen LogP contribution >= 0.6 is 0 Å². The number of nitrogens with zero attached hydrogens (tertiary/aromatic N) is 1. The minimum absolute atomic E-state index is 0.180. The van der Waals surface area contributed by atoms with Crippen molar-refractivity contribution < 1.29 is 19.4 Å². The first-order valence-corrected chi connectivity index (χ1v) is 6.31. The van der Waals surface area contributed by atoms with Crippen LogP contribution in [0.1, 0.15) is 10.4 Å². The maximum Gasteiger partial charge on any atom is 0.329 e. The monoisotopic (exact) mass is 289 g/mol. The summed E-state index contributed by atoms with van der Waals surface area (Å²) in [5, 5.41) is 12.2. The number of hydrogen-bond donors (Lipinski definition) is 3. The average molecular weight is 289 g/mol. The van der Waals surface area contributed by atoms with Crippen LogP contribution in [0.4, 0.5) is 5.82 Å². The Balaban J connectivity index is 2.11. The SMILES string of the molecule is NC(=O)c1cc2ccccc2nc1NCCOCC(=O)O. The maximum atomic E-state index is 11.5. The Labute approximate surface area is 120 Å². The van der Waals surface area contributed by atoms with Gasteiger partial charge in [0.25, 0.3) is 5.91 Å². The second-order valence-electron chi connectivity index (χ2n) is 4.31. The molecule has 0 aliphatic carbocycles. The number of hydrogen-bond acceptors (Lipinski definition) is 5. The molecule has 1 heterocycles. The predicted octanol–water partition coefficient (Wildman–Crippen LogP) is 0.847. The molecule has 21 heavy (non-hydrogen) atoms. The van der Waals surface area contributed by atoms with E-state index in [4.69, 9.17) is 15.6 Å². The predicted molar refractivity (Wildman–Crippen MR) is 77.2 cm³/mol. The molecule has 0 aliphatic rings. The Bertz CT molecular complexity index is 672. The quantitative estimate of drug-likeness (QED) is 0.651. The standard InChI is InChI=1S/C14H15N3O4/c15-13(20)10-7-9-3-1-2-4-11(9)17-14(10)16-5-6-21-8-12(18)19/h1-4,7H,5-6,8H2,(H2,15,20)(H,16,17)(H,18,19). The van der Waals surface area contributed by atoms with Gasteiger partial charge in [-0.15, -0.1) is 0 Å². The Hall–Kier alpha value is -2.67. The largest absolute Gasteiger partial charge is 0.480 e. The number of nitrogens with one attached hydrogen (secondary N) is 1.